The maximum absolute atomic E-state index is 6.31. The Kier molecular flexibility index (Phi) is 6.28. The quantitative estimate of drug-likeness (QED) is 0.495. The fourth-order valence-corrected chi connectivity index (χ4v) is 4.33. The van der Waals surface area contributed by atoms with Crippen molar-refractivity contribution in [2.24, 2.45) is 0 Å². The van der Waals surface area contributed by atoms with E-state index < -0.39 is 0 Å². The number of ether oxygens (including phenoxy) is 1. The summed E-state index contributed by atoms with van der Waals surface area (Å²) in [5, 5.41) is 6.41. The van der Waals surface area contributed by atoms with Gasteiger partial charge in [0, 0.05) is 18.2 Å². The molecule has 1 aliphatic carbocycles. The Morgan fingerprint density at radius 2 is 1.71 bits per heavy atom. The molecule has 4 rings (SSSR count). The Morgan fingerprint density at radius 1 is 0.893 bits per heavy atom. The lowest BCUT2D eigenvalue weighted by molar-refractivity contribution is 0.301. The smallest absolute Gasteiger partial charge is 0.124 e. The highest BCUT2D eigenvalue weighted by Crippen LogP contribution is 2.29. The van der Waals surface area contributed by atoms with E-state index in [-0.39, 0.29) is 0 Å². The van der Waals surface area contributed by atoms with Crippen LogP contribution in [-0.4, -0.2) is 6.04 Å². The summed E-state index contributed by atoms with van der Waals surface area (Å²) in [7, 11) is 0. The van der Waals surface area contributed by atoms with Gasteiger partial charge in [-0.2, -0.15) is 0 Å². The van der Waals surface area contributed by atoms with Gasteiger partial charge >= 0.3 is 0 Å². The second-order valence-electron chi connectivity index (χ2n) is 8.11. The first-order valence-corrected chi connectivity index (χ1v) is 10.7. The molecule has 1 aliphatic rings. The molecule has 1 saturated carbocycles. The highest BCUT2D eigenvalue weighted by atomic mass is 16.5. The minimum absolute atomic E-state index is 0.608. The molecule has 0 aromatic heterocycles. The maximum Gasteiger partial charge on any atom is 0.124 e. The first kappa shape index (κ1) is 19.0. The van der Waals surface area contributed by atoms with Crippen LogP contribution in [0.3, 0.4) is 0 Å². The highest BCUT2D eigenvalue weighted by Gasteiger charge is 2.14. The lowest BCUT2D eigenvalue weighted by atomic mass is 10.0. The third-order valence-electron chi connectivity index (χ3n) is 5.90. The maximum atomic E-state index is 6.31. The van der Waals surface area contributed by atoms with Gasteiger partial charge in [-0.1, -0.05) is 85.8 Å². The summed E-state index contributed by atoms with van der Waals surface area (Å²) in [6, 6.07) is 22.2. The summed E-state index contributed by atoms with van der Waals surface area (Å²) in [4.78, 5) is 0. The molecule has 0 amide bonds. The number of aryl methyl sites for hydroxylation is 1. The standard InChI is InChI=1S/C26H31NO/c1-20-9-8-10-21(17-20)19-28-26-16-15-22-11-6-7-14-24(22)25(26)18-27-23-12-4-2-3-5-13-23/h6-11,14-17,23,27H,2-5,12-13,18-19H2,1H3. The van der Waals surface area contributed by atoms with Crippen molar-refractivity contribution in [2.75, 3.05) is 0 Å². The molecule has 0 radical (unpaired) electrons. The Labute approximate surface area is 168 Å². The fraction of sp³-hybridized carbons (Fsp3) is 0.385. The summed E-state index contributed by atoms with van der Waals surface area (Å²) < 4.78 is 6.31. The average Bonchev–Trinajstić information content (AvgIpc) is 3.00. The molecular weight excluding hydrogens is 342 g/mol. The number of hydrogen-bond acceptors (Lipinski definition) is 2. The van der Waals surface area contributed by atoms with E-state index in [1.165, 1.54) is 66.0 Å². The molecule has 0 unspecified atom stereocenters. The van der Waals surface area contributed by atoms with Crippen LogP contribution >= 0.6 is 0 Å². The molecule has 3 aromatic rings. The van der Waals surface area contributed by atoms with E-state index >= 15 is 0 Å². The van der Waals surface area contributed by atoms with E-state index in [1.807, 2.05) is 0 Å². The number of nitrogens with one attached hydrogen (secondary N) is 1. The van der Waals surface area contributed by atoms with E-state index in [0.29, 0.717) is 12.6 Å². The average molecular weight is 374 g/mol. The van der Waals surface area contributed by atoms with Crippen LogP contribution < -0.4 is 10.1 Å². The van der Waals surface area contributed by atoms with Crippen LogP contribution in [0.1, 0.15) is 55.2 Å². The summed E-state index contributed by atoms with van der Waals surface area (Å²) in [5.41, 5.74) is 3.78. The molecule has 0 spiro atoms. The van der Waals surface area contributed by atoms with Crippen LogP contribution in [0.4, 0.5) is 0 Å². The van der Waals surface area contributed by atoms with Crippen LogP contribution in [-0.2, 0) is 13.2 Å². The number of benzene rings is 3. The zero-order chi connectivity index (χ0) is 19.2. The summed E-state index contributed by atoms with van der Waals surface area (Å²) in [6.07, 6.45) is 8.07. The van der Waals surface area contributed by atoms with E-state index in [0.717, 1.165) is 12.3 Å². The third-order valence-corrected chi connectivity index (χ3v) is 5.90. The largest absolute Gasteiger partial charge is 0.489 e. The van der Waals surface area contributed by atoms with E-state index in [9.17, 15) is 0 Å². The van der Waals surface area contributed by atoms with E-state index in [2.05, 4.69) is 72.9 Å². The van der Waals surface area contributed by atoms with E-state index in [4.69, 9.17) is 4.74 Å². The molecule has 1 fully saturated rings. The minimum Gasteiger partial charge on any atom is -0.489 e. The van der Waals surface area contributed by atoms with Gasteiger partial charge < -0.3 is 10.1 Å². The molecule has 0 bridgehead atoms. The first-order chi connectivity index (χ1) is 13.8. The van der Waals surface area contributed by atoms with Crippen LogP contribution in [0.15, 0.2) is 60.7 Å². The lowest BCUT2D eigenvalue weighted by Gasteiger charge is -2.19. The zero-order valence-corrected chi connectivity index (χ0v) is 16.9. The molecule has 28 heavy (non-hydrogen) atoms. The van der Waals surface area contributed by atoms with Gasteiger partial charge in [-0.3, -0.25) is 0 Å². The molecule has 0 saturated heterocycles. The molecule has 146 valence electrons. The van der Waals surface area contributed by atoms with Crippen molar-refractivity contribution < 1.29 is 4.74 Å². The van der Waals surface area contributed by atoms with Crippen molar-refractivity contribution in [3.8, 4) is 5.75 Å². The molecule has 0 atom stereocenters. The SMILES string of the molecule is Cc1cccc(COc2ccc3ccccc3c2CNC2CCCCCC2)c1. The van der Waals surface area contributed by atoms with Crippen LogP contribution in [0.5, 0.6) is 5.75 Å². The van der Waals surface area contributed by atoms with Crippen LogP contribution in [0, 0.1) is 6.92 Å². The van der Waals surface area contributed by atoms with E-state index in [1.54, 1.807) is 0 Å². The number of hydrogen-bond donors (Lipinski definition) is 1. The Bertz CT molecular complexity index is 909. The van der Waals surface area contributed by atoms with Crippen molar-refractivity contribution in [3.05, 3.63) is 77.4 Å². The summed E-state index contributed by atoms with van der Waals surface area (Å²) in [5.74, 6) is 1.00. The van der Waals surface area contributed by atoms with Crippen LogP contribution in [0.25, 0.3) is 10.8 Å². The highest BCUT2D eigenvalue weighted by molar-refractivity contribution is 5.87. The predicted molar refractivity (Wildman–Crippen MR) is 118 cm³/mol. The van der Waals surface area contributed by atoms with Crippen molar-refractivity contribution in [2.45, 2.75) is 64.6 Å². The van der Waals surface area contributed by atoms with Gasteiger partial charge in [0.15, 0.2) is 0 Å². The third kappa shape index (κ3) is 4.74. The lowest BCUT2D eigenvalue weighted by Crippen LogP contribution is -2.28. The van der Waals surface area contributed by atoms with Gasteiger partial charge in [-0.15, -0.1) is 0 Å². The topological polar surface area (TPSA) is 21.3 Å². The number of rotatable bonds is 6. The molecule has 2 nitrogen and oxygen atoms in total. The number of fused-ring (bicyclic) bond motifs is 1. The molecule has 2 heteroatoms. The van der Waals surface area contributed by atoms with Crippen molar-refractivity contribution in [3.63, 3.8) is 0 Å². The predicted octanol–water partition coefficient (Wildman–Crippen LogP) is 6.54. The molecular formula is C26H31NO. The first-order valence-electron chi connectivity index (χ1n) is 10.7. The summed E-state index contributed by atoms with van der Waals surface area (Å²) in [6.45, 7) is 3.60. The van der Waals surface area contributed by atoms with Gasteiger partial charge in [0.05, 0.1) is 0 Å². The summed E-state index contributed by atoms with van der Waals surface area (Å²) >= 11 is 0. The van der Waals surface area contributed by atoms with Crippen LogP contribution in [0.2, 0.25) is 0 Å². The van der Waals surface area contributed by atoms with Crippen molar-refractivity contribution in [1.29, 1.82) is 0 Å². The zero-order valence-electron chi connectivity index (χ0n) is 16.9. The molecule has 0 heterocycles. The Morgan fingerprint density at radius 3 is 2.54 bits per heavy atom. The monoisotopic (exact) mass is 373 g/mol. The molecule has 3 aromatic carbocycles. The second-order valence-corrected chi connectivity index (χ2v) is 8.11. The van der Waals surface area contributed by atoms with Gasteiger partial charge in [0.25, 0.3) is 0 Å². The van der Waals surface area contributed by atoms with Gasteiger partial charge in [0.2, 0.25) is 0 Å². The molecule has 1 N–H and O–H groups in total. The Balaban J connectivity index is 1.55. The van der Waals surface area contributed by atoms with Gasteiger partial charge in [-0.25, -0.2) is 0 Å². The second kappa shape index (κ2) is 9.25. The van der Waals surface area contributed by atoms with Gasteiger partial charge in [-0.05, 0) is 42.2 Å². The van der Waals surface area contributed by atoms with Crippen molar-refractivity contribution in [1.82, 2.24) is 5.32 Å². The molecule has 0 aliphatic heterocycles. The fourth-order valence-electron chi connectivity index (χ4n) is 4.33. The van der Waals surface area contributed by atoms with Crippen molar-refractivity contribution >= 4 is 10.8 Å². The van der Waals surface area contributed by atoms with Gasteiger partial charge in [0.1, 0.15) is 12.4 Å². The normalized spacial score (nSPS) is 15.5. The Hall–Kier alpha value is -2.32. The minimum atomic E-state index is 0.608.